The van der Waals surface area contributed by atoms with Gasteiger partial charge in [0, 0.05) is 12.6 Å². The molecule has 0 aliphatic heterocycles. The van der Waals surface area contributed by atoms with E-state index in [1.165, 1.54) is 0 Å². The number of nitrogens with one attached hydrogen (secondary N) is 2. The van der Waals surface area contributed by atoms with Crippen molar-refractivity contribution in [3.05, 3.63) is 0 Å². The molecule has 0 fully saturated rings. The average Bonchev–Trinajstić information content (AvgIpc) is 2.17. The van der Waals surface area contributed by atoms with Gasteiger partial charge in [0.05, 0.1) is 6.61 Å². The zero-order valence-electron chi connectivity index (χ0n) is 10.1. The number of carbonyl (C=O) groups excluding carboxylic acids is 1. The first-order chi connectivity index (χ1) is 7.20. The Hall–Kier alpha value is -0.610. The van der Waals surface area contributed by atoms with E-state index in [-0.39, 0.29) is 18.6 Å². The van der Waals surface area contributed by atoms with Gasteiger partial charge in [-0.05, 0) is 19.9 Å². The van der Waals surface area contributed by atoms with Crippen LogP contribution in [0.25, 0.3) is 0 Å². The fourth-order valence-electron chi connectivity index (χ4n) is 1.31. The van der Waals surface area contributed by atoms with Gasteiger partial charge in [0.1, 0.15) is 6.61 Å². The van der Waals surface area contributed by atoms with Crippen molar-refractivity contribution >= 4 is 5.91 Å². The van der Waals surface area contributed by atoms with E-state index in [0.717, 1.165) is 25.9 Å². The molecule has 1 amide bonds. The summed E-state index contributed by atoms with van der Waals surface area (Å²) in [4.78, 5) is 11.3. The SMILES string of the molecule is CCCC(C)NC(=O)COCCNCC. The largest absolute Gasteiger partial charge is 0.370 e. The van der Waals surface area contributed by atoms with Crippen LogP contribution in [0.4, 0.5) is 0 Å². The molecule has 2 N–H and O–H groups in total. The molecule has 1 atom stereocenters. The highest BCUT2D eigenvalue weighted by Crippen LogP contribution is 1.94. The van der Waals surface area contributed by atoms with Crippen LogP contribution in [0.15, 0.2) is 0 Å². The molecule has 1 unspecified atom stereocenters. The summed E-state index contributed by atoms with van der Waals surface area (Å²) in [6, 6.07) is 0.250. The zero-order chi connectivity index (χ0) is 11.5. The minimum absolute atomic E-state index is 0.0209. The molecule has 0 aliphatic carbocycles. The quantitative estimate of drug-likeness (QED) is 0.563. The predicted octanol–water partition coefficient (Wildman–Crippen LogP) is 0.917. The summed E-state index contributed by atoms with van der Waals surface area (Å²) in [6.45, 7) is 8.65. The van der Waals surface area contributed by atoms with E-state index in [2.05, 4.69) is 17.6 Å². The van der Waals surface area contributed by atoms with E-state index < -0.39 is 0 Å². The lowest BCUT2D eigenvalue weighted by atomic mass is 10.2. The van der Waals surface area contributed by atoms with E-state index in [0.29, 0.717) is 6.61 Å². The van der Waals surface area contributed by atoms with Crippen molar-refractivity contribution in [2.24, 2.45) is 0 Å². The summed E-state index contributed by atoms with van der Waals surface area (Å²) >= 11 is 0. The number of likely N-dealkylation sites (N-methyl/N-ethyl adjacent to an activating group) is 1. The standard InChI is InChI=1S/C11H24N2O2/c1-4-6-10(3)13-11(14)9-15-8-7-12-5-2/h10,12H,4-9H2,1-3H3,(H,13,14). The molecule has 0 heterocycles. The van der Waals surface area contributed by atoms with E-state index in [9.17, 15) is 4.79 Å². The summed E-state index contributed by atoms with van der Waals surface area (Å²) in [7, 11) is 0. The Bertz CT molecular complexity index is 163. The summed E-state index contributed by atoms with van der Waals surface area (Å²) in [5, 5.41) is 6.01. The summed E-state index contributed by atoms with van der Waals surface area (Å²) < 4.78 is 5.20. The number of hydrogen-bond acceptors (Lipinski definition) is 3. The summed E-state index contributed by atoms with van der Waals surface area (Å²) in [5.41, 5.74) is 0. The molecule has 0 saturated heterocycles. The Morgan fingerprint density at radius 2 is 2.13 bits per heavy atom. The topological polar surface area (TPSA) is 50.4 Å². The van der Waals surface area contributed by atoms with Gasteiger partial charge in [-0.25, -0.2) is 0 Å². The Labute approximate surface area is 92.8 Å². The van der Waals surface area contributed by atoms with E-state index in [4.69, 9.17) is 4.74 Å². The monoisotopic (exact) mass is 216 g/mol. The van der Waals surface area contributed by atoms with E-state index >= 15 is 0 Å². The van der Waals surface area contributed by atoms with Crippen molar-refractivity contribution in [2.75, 3.05) is 26.3 Å². The lowest BCUT2D eigenvalue weighted by Crippen LogP contribution is -2.35. The van der Waals surface area contributed by atoms with Gasteiger partial charge in [0.25, 0.3) is 0 Å². The Balaban J connectivity index is 3.32. The highest BCUT2D eigenvalue weighted by atomic mass is 16.5. The maximum atomic E-state index is 11.3. The fourth-order valence-corrected chi connectivity index (χ4v) is 1.31. The highest BCUT2D eigenvalue weighted by Gasteiger charge is 2.05. The van der Waals surface area contributed by atoms with Crippen molar-refractivity contribution in [1.29, 1.82) is 0 Å². The second-order valence-corrected chi connectivity index (χ2v) is 3.66. The van der Waals surface area contributed by atoms with Crippen LogP contribution >= 0.6 is 0 Å². The number of hydrogen-bond donors (Lipinski definition) is 2. The van der Waals surface area contributed by atoms with Crippen molar-refractivity contribution in [3.63, 3.8) is 0 Å². The number of amides is 1. The lowest BCUT2D eigenvalue weighted by Gasteiger charge is -2.12. The number of rotatable bonds is 9. The summed E-state index contributed by atoms with van der Waals surface area (Å²) in [5.74, 6) is -0.0209. The molecular formula is C11H24N2O2. The molecule has 4 heteroatoms. The van der Waals surface area contributed by atoms with Gasteiger partial charge < -0.3 is 15.4 Å². The average molecular weight is 216 g/mol. The maximum absolute atomic E-state index is 11.3. The first-order valence-electron chi connectivity index (χ1n) is 5.78. The van der Waals surface area contributed by atoms with Crippen LogP contribution in [0, 0.1) is 0 Å². The second kappa shape index (κ2) is 9.93. The van der Waals surface area contributed by atoms with Gasteiger partial charge in [0.15, 0.2) is 0 Å². The van der Waals surface area contributed by atoms with Gasteiger partial charge >= 0.3 is 0 Å². The van der Waals surface area contributed by atoms with Crippen LogP contribution in [0.5, 0.6) is 0 Å². The zero-order valence-corrected chi connectivity index (χ0v) is 10.1. The van der Waals surface area contributed by atoms with Crippen LogP contribution in [0.3, 0.4) is 0 Å². The third-order valence-electron chi connectivity index (χ3n) is 2.04. The third kappa shape index (κ3) is 9.69. The summed E-state index contributed by atoms with van der Waals surface area (Å²) in [6.07, 6.45) is 2.10. The van der Waals surface area contributed by atoms with Crippen LogP contribution in [0.2, 0.25) is 0 Å². The molecule has 90 valence electrons. The molecular weight excluding hydrogens is 192 g/mol. The second-order valence-electron chi connectivity index (χ2n) is 3.66. The van der Waals surface area contributed by atoms with E-state index in [1.54, 1.807) is 0 Å². The Kier molecular flexibility index (Phi) is 9.52. The first kappa shape index (κ1) is 14.4. The smallest absolute Gasteiger partial charge is 0.246 e. The maximum Gasteiger partial charge on any atom is 0.246 e. The van der Waals surface area contributed by atoms with Crippen molar-refractivity contribution < 1.29 is 9.53 Å². The van der Waals surface area contributed by atoms with Gasteiger partial charge in [0.2, 0.25) is 5.91 Å². The van der Waals surface area contributed by atoms with Crippen molar-refractivity contribution in [2.45, 2.75) is 39.7 Å². The van der Waals surface area contributed by atoms with Crippen LogP contribution in [-0.2, 0) is 9.53 Å². The predicted molar refractivity (Wildman–Crippen MR) is 61.9 cm³/mol. The minimum Gasteiger partial charge on any atom is -0.370 e. The van der Waals surface area contributed by atoms with Crippen LogP contribution in [0.1, 0.15) is 33.6 Å². The third-order valence-corrected chi connectivity index (χ3v) is 2.04. The molecule has 0 aromatic carbocycles. The molecule has 0 aromatic rings. The molecule has 0 aromatic heterocycles. The normalized spacial score (nSPS) is 12.5. The highest BCUT2D eigenvalue weighted by molar-refractivity contribution is 5.77. The van der Waals surface area contributed by atoms with Gasteiger partial charge in [-0.3, -0.25) is 4.79 Å². The van der Waals surface area contributed by atoms with E-state index in [1.807, 2.05) is 13.8 Å². The van der Waals surface area contributed by atoms with Gasteiger partial charge in [-0.2, -0.15) is 0 Å². The Morgan fingerprint density at radius 3 is 2.73 bits per heavy atom. The molecule has 0 radical (unpaired) electrons. The van der Waals surface area contributed by atoms with Gasteiger partial charge in [-0.1, -0.05) is 20.3 Å². The molecule has 4 nitrogen and oxygen atoms in total. The molecule has 0 saturated carbocycles. The minimum atomic E-state index is -0.0209. The first-order valence-corrected chi connectivity index (χ1v) is 5.78. The lowest BCUT2D eigenvalue weighted by molar-refractivity contribution is -0.126. The molecule has 0 rings (SSSR count). The molecule has 15 heavy (non-hydrogen) atoms. The van der Waals surface area contributed by atoms with Crippen LogP contribution in [-0.4, -0.2) is 38.3 Å². The Morgan fingerprint density at radius 1 is 1.40 bits per heavy atom. The van der Waals surface area contributed by atoms with Crippen molar-refractivity contribution in [3.8, 4) is 0 Å². The molecule has 0 bridgehead atoms. The van der Waals surface area contributed by atoms with Crippen LogP contribution < -0.4 is 10.6 Å². The number of ether oxygens (including phenoxy) is 1. The van der Waals surface area contributed by atoms with Gasteiger partial charge in [-0.15, -0.1) is 0 Å². The molecule has 0 spiro atoms. The molecule has 0 aliphatic rings. The number of carbonyl (C=O) groups is 1. The van der Waals surface area contributed by atoms with Crippen molar-refractivity contribution in [1.82, 2.24) is 10.6 Å². The fraction of sp³-hybridized carbons (Fsp3) is 0.909.